The van der Waals surface area contributed by atoms with Gasteiger partial charge in [0.15, 0.2) is 6.61 Å². The van der Waals surface area contributed by atoms with Crippen LogP contribution >= 0.6 is 0 Å². The number of fused-ring (bicyclic) bond motifs is 1. The van der Waals surface area contributed by atoms with Crippen molar-refractivity contribution in [1.82, 2.24) is 5.01 Å². The number of halogens is 3. The molecular weight excluding hydrogens is 383 g/mol. The van der Waals surface area contributed by atoms with Crippen LogP contribution in [0.15, 0.2) is 29.4 Å². The maximum Gasteiger partial charge on any atom is 0.439 e. The molecule has 2 aliphatic rings. The van der Waals surface area contributed by atoms with E-state index >= 15 is 0 Å². The van der Waals surface area contributed by atoms with Crippen LogP contribution in [0.2, 0.25) is 0 Å². The number of hydrogen-bond acceptors (Lipinski definition) is 6. The Bertz CT molecular complexity index is 796. The average molecular weight is 401 g/mol. The van der Waals surface area contributed by atoms with E-state index in [0.717, 1.165) is 18.6 Å². The zero-order valence-electron chi connectivity index (χ0n) is 14.7. The number of carbonyl (C=O) groups is 1. The number of alkyl halides is 3. The lowest BCUT2D eigenvalue weighted by Gasteiger charge is -2.37. The minimum Gasteiger partial charge on any atom is -0.484 e. The van der Waals surface area contributed by atoms with E-state index < -0.39 is 35.3 Å². The van der Waals surface area contributed by atoms with Gasteiger partial charge in [-0.3, -0.25) is 14.9 Å². The fourth-order valence-corrected chi connectivity index (χ4v) is 3.51. The van der Waals surface area contributed by atoms with E-state index in [-0.39, 0.29) is 35.0 Å². The maximum absolute atomic E-state index is 13.7. The molecule has 1 aromatic rings. The zero-order valence-corrected chi connectivity index (χ0v) is 14.7. The largest absolute Gasteiger partial charge is 0.484 e. The monoisotopic (exact) mass is 401 g/mol. The Kier molecular flexibility index (Phi) is 5.28. The molecule has 1 N–H and O–H groups in total. The van der Waals surface area contributed by atoms with Crippen molar-refractivity contribution in [2.75, 3.05) is 6.61 Å². The zero-order chi connectivity index (χ0) is 20.5. The summed E-state index contributed by atoms with van der Waals surface area (Å²) in [6.45, 7) is -0.806. The lowest BCUT2D eigenvalue weighted by molar-refractivity contribution is -0.384. The van der Waals surface area contributed by atoms with Crippen molar-refractivity contribution < 1.29 is 32.7 Å². The summed E-state index contributed by atoms with van der Waals surface area (Å²) in [5.74, 6) is -2.38. The minimum atomic E-state index is -5.09. The predicted octanol–water partition coefficient (Wildman–Crippen LogP) is 3.00. The molecule has 1 amide bonds. The molecule has 0 unspecified atom stereocenters. The number of rotatable bonds is 4. The van der Waals surface area contributed by atoms with Crippen LogP contribution in [0, 0.1) is 16.0 Å². The first-order valence-electron chi connectivity index (χ1n) is 8.71. The number of amides is 1. The summed E-state index contributed by atoms with van der Waals surface area (Å²) in [4.78, 5) is 22.4. The van der Waals surface area contributed by atoms with E-state index in [1.54, 1.807) is 0 Å². The lowest BCUT2D eigenvalue weighted by Crippen LogP contribution is -2.61. The highest BCUT2D eigenvalue weighted by atomic mass is 19.4. The summed E-state index contributed by atoms with van der Waals surface area (Å²) < 4.78 is 46.3. The van der Waals surface area contributed by atoms with Crippen LogP contribution in [0.1, 0.15) is 32.1 Å². The number of hydrogen-bond donors (Lipinski definition) is 1. The third kappa shape index (κ3) is 3.53. The molecule has 0 bridgehead atoms. The van der Waals surface area contributed by atoms with Crippen molar-refractivity contribution >= 4 is 17.3 Å². The van der Waals surface area contributed by atoms with Crippen LogP contribution < -0.4 is 4.74 Å². The Morgan fingerprint density at radius 2 is 2.00 bits per heavy atom. The number of nitro benzene ring substituents is 1. The Morgan fingerprint density at radius 3 is 2.61 bits per heavy atom. The summed E-state index contributed by atoms with van der Waals surface area (Å²) in [6, 6.07) is 4.72. The Morgan fingerprint density at radius 1 is 1.32 bits per heavy atom. The topological polar surface area (TPSA) is 105 Å². The fourth-order valence-electron chi connectivity index (χ4n) is 3.51. The number of ether oxygens (including phenoxy) is 1. The number of benzene rings is 1. The van der Waals surface area contributed by atoms with Gasteiger partial charge < -0.3 is 9.84 Å². The molecule has 1 aromatic carbocycles. The molecule has 0 saturated heterocycles. The second-order valence-corrected chi connectivity index (χ2v) is 6.71. The van der Waals surface area contributed by atoms with Gasteiger partial charge in [-0.15, -0.1) is 0 Å². The van der Waals surface area contributed by atoms with Gasteiger partial charge in [-0.2, -0.15) is 23.3 Å². The summed E-state index contributed by atoms with van der Waals surface area (Å²) >= 11 is 0. The fraction of sp³-hybridized carbons (Fsp3) is 0.529. The molecule has 1 saturated carbocycles. The molecule has 0 spiro atoms. The Labute approximate surface area is 157 Å². The lowest BCUT2D eigenvalue weighted by atomic mass is 9.87. The number of nitrogens with zero attached hydrogens (tertiary/aromatic N) is 3. The standard InChI is InChI=1S/C17H18F3N3O5/c18-17(19,20)16(25)13-4-2-1-3-5-14(13)21-22(16)15(24)10-28-12-8-6-11(7-9-12)23(26)27/h6-9,13,25H,1-5,10H2/t13-,16+/m1/s1. The van der Waals surface area contributed by atoms with Crippen LogP contribution in [0.5, 0.6) is 5.75 Å². The van der Waals surface area contributed by atoms with Crippen molar-refractivity contribution in [2.24, 2.45) is 11.0 Å². The summed E-state index contributed by atoms with van der Waals surface area (Å²) in [6.07, 6.45) is -2.83. The van der Waals surface area contributed by atoms with E-state index in [9.17, 15) is 33.2 Å². The molecule has 1 aliphatic heterocycles. The van der Waals surface area contributed by atoms with Crippen LogP contribution in [0.25, 0.3) is 0 Å². The molecule has 0 aromatic heterocycles. The molecule has 28 heavy (non-hydrogen) atoms. The predicted molar refractivity (Wildman–Crippen MR) is 90.5 cm³/mol. The van der Waals surface area contributed by atoms with E-state index in [2.05, 4.69) is 5.10 Å². The van der Waals surface area contributed by atoms with Gasteiger partial charge in [0, 0.05) is 17.8 Å². The van der Waals surface area contributed by atoms with Gasteiger partial charge in [0.25, 0.3) is 17.3 Å². The second-order valence-electron chi connectivity index (χ2n) is 6.71. The van der Waals surface area contributed by atoms with Gasteiger partial charge >= 0.3 is 6.18 Å². The molecule has 2 atom stereocenters. The highest BCUT2D eigenvalue weighted by Crippen LogP contribution is 2.47. The summed E-state index contributed by atoms with van der Waals surface area (Å²) in [5, 5.41) is 25.0. The first kappa shape index (κ1) is 20.1. The number of nitro groups is 1. The van der Waals surface area contributed by atoms with E-state index in [1.165, 1.54) is 12.1 Å². The van der Waals surface area contributed by atoms with E-state index in [1.807, 2.05) is 0 Å². The molecular formula is C17H18F3N3O5. The summed E-state index contributed by atoms with van der Waals surface area (Å²) in [5.41, 5.74) is -3.43. The van der Waals surface area contributed by atoms with Crippen molar-refractivity contribution in [1.29, 1.82) is 0 Å². The molecule has 3 rings (SSSR count). The second kappa shape index (κ2) is 7.38. The molecule has 0 radical (unpaired) electrons. The normalized spacial score (nSPS) is 24.9. The van der Waals surface area contributed by atoms with Gasteiger partial charge in [-0.05, 0) is 31.4 Å². The number of non-ortho nitro benzene ring substituents is 1. The molecule has 1 heterocycles. The molecule has 152 valence electrons. The number of aliphatic hydroxyl groups is 1. The van der Waals surface area contributed by atoms with Gasteiger partial charge in [-0.1, -0.05) is 12.8 Å². The summed E-state index contributed by atoms with van der Waals surface area (Å²) in [7, 11) is 0. The quantitative estimate of drug-likeness (QED) is 0.617. The Hall–Kier alpha value is -2.69. The van der Waals surface area contributed by atoms with Crippen molar-refractivity contribution in [3.63, 3.8) is 0 Å². The molecule has 1 aliphatic carbocycles. The highest BCUT2D eigenvalue weighted by Gasteiger charge is 2.68. The molecule has 11 heteroatoms. The number of carbonyl (C=O) groups excluding carboxylic acids is 1. The van der Waals surface area contributed by atoms with Gasteiger partial charge in [0.2, 0.25) is 0 Å². The van der Waals surface area contributed by atoms with Crippen molar-refractivity contribution in [3.05, 3.63) is 34.4 Å². The molecule has 8 nitrogen and oxygen atoms in total. The van der Waals surface area contributed by atoms with Crippen molar-refractivity contribution in [3.8, 4) is 5.75 Å². The Balaban J connectivity index is 1.77. The van der Waals surface area contributed by atoms with Gasteiger partial charge in [0.1, 0.15) is 5.75 Å². The molecule has 1 fully saturated rings. The first-order valence-corrected chi connectivity index (χ1v) is 8.71. The van der Waals surface area contributed by atoms with E-state index in [4.69, 9.17) is 4.74 Å². The van der Waals surface area contributed by atoms with Gasteiger partial charge in [-0.25, -0.2) is 0 Å². The van der Waals surface area contributed by atoms with Gasteiger partial charge in [0.05, 0.1) is 10.8 Å². The van der Waals surface area contributed by atoms with Crippen LogP contribution in [0.4, 0.5) is 18.9 Å². The SMILES string of the molecule is O=C(COc1ccc([N+](=O)[O-])cc1)N1N=C2CCCCC[C@H]2[C@]1(O)C(F)(F)F. The smallest absolute Gasteiger partial charge is 0.439 e. The van der Waals surface area contributed by atoms with Crippen LogP contribution in [-0.4, -0.2) is 45.2 Å². The average Bonchev–Trinajstić information content (AvgIpc) is 2.79. The van der Waals surface area contributed by atoms with Crippen LogP contribution in [0.3, 0.4) is 0 Å². The maximum atomic E-state index is 13.7. The third-order valence-electron chi connectivity index (χ3n) is 4.93. The highest BCUT2D eigenvalue weighted by molar-refractivity contribution is 5.93. The first-order chi connectivity index (χ1) is 13.1. The number of hydrazone groups is 1. The third-order valence-corrected chi connectivity index (χ3v) is 4.93. The van der Waals surface area contributed by atoms with Crippen LogP contribution in [-0.2, 0) is 4.79 Å². The minimum absolute atomic E-state index is 0.0653. The van der Waals surface area contributed by atoms with E-state index in [0.29, 0.717) is 12.8 Å². The van der Waals surface area contributed by atoms with Crippen molar-refractivity contribution in [2.45, 2.75) is 44.0 Å².